The van der Waals surface area contributed by atoms with Crippen LogP contribution in [0.4, 0.5) is 18.9 Å². The number of alkyl halides is 3. The minimum Gasteiger partial charge on any atom is -0.345 e. The van der Waals surface area contributed by atoms with Gasteiger partial charge in [0.05, 0.1) is 18.5 Å². The van der Waals surface area contributed by atoms with Gasteiger partial charge >= 0.3 is 6.18 Å². The first-order chi connectivity index (χ1) is 16.6. The molecule has 0 N–H and O–H groups in total. The number of amides is 2. The summed E-state index contributed by atoms with van der Waals surface area (Å²) in [6.07, 6.45) is -3.30. The van der Waals surface area contributed by atoms with Crippen molar-refractivity contribution in [3.63, 3.8) is 0 Å². The largest absolute Gasteiger partial charge is 0.416 e. The predicted octanol–water partition coefficient (Wildman–Crippen LogP) is 6.27. The normalized spacial score (nSPS) is 11.3. The van der Waals surface area contributed by atoms with Crippen LogP contribution in [0.2, 0.25) is 0 Å². The highest BCUT2D eigenvalue weighted by Gasteiger charge is 2.30. The van der Waals surface area contributed by atoms with Crippen molar-refractivity contribution < 1.29 is 22.8 Å². The molecule has 0 aliphatic rings. The smallest absolute Gasteiger partial charge is 0.345 e. The number of carbonyl (C=O) groups excluding carboxylic acids is 2. The number of hydrogen-bond donors (Lipinski definition) is 0. The Kier molecular flexibility index (Phi) is 8.33. The van der Waals surface area contributed by atoms with E-state index in [1.54, 1.807) is 53.2 Å². The standard InChI is InChI=1S/C28H29F3N2O2/c1-4-17-32(3)26(34)18-21-11-15-24(16-12-21)33(27(35)25-8-6-5-7-20(25)2)19-22-9-13-23(14-10-22)28(29,30)31/h5-16H,4,17-19H2,1-3H3. The molecule has 35 heavy (non-hydrogen) atoms. The topological polar surface area (TPSA) is 40.6 Å². The highest BCUT2D eigenvalue weighted by atomic mass is 19.4. The fraction of sp³-hybridized carbons (Fsp3) is 0.286. The Hall–Kier alpha value is -3.61. The maximum atomic E-state index is 13.5. The summed E-state index contributed by atoms with van der Waals surface area (Å²) in [6.45, 7) is 4.63. The number of carbonyl (C=O) groups is 2. The molecule has 0 radical (unpaired) electrons. The molecule has 4 nitrogen and oxygen atoms in total. The van der Waals surface area contributed by atoms with E-state index in [0.717, 1.165) is 29.7 Å². The maximum Gasteiger partial charge on any atom is 0.416 e. The molecule has 7 heteroatoms. The van der Waals surface area contributed by atoms with Crippen LogP contribution in [0, 0.1) is 6.92 Å². The number of anilines is 1. The summed E-state index contributed by atoms with van der Waals surface area (Å²) < 4.78 is 38.9. The molecule has 0 heterocycles. The van der Waals surface area contributed by atoms with Crippen LogP contribution >= 0.6 is 0 Å². The van der Waals surface area contributed by atoms with E-state index in [9.17, 15) is 22.8 Å². The molecular weight excluding hydrogens is 453 g/mol. The van der Waals surface area contributed by atoms with Crippen LogP contribution in [-0.2, 0) is 23.9 Å². The van der Waals surface area contributed by atoms with Gasteiger partial charge in [-0.1, -0.05) is 49.4 Å². The summed E-state index contributed by atoms with van der Waals surface area (Å²) >= 11 is 0. The van der Waals surface area contributed by atoms with Crippen LogP contribution in [0.15, 0.2) is 72.8 Å². The summed E-state index contributed by atoms with van der Waals surface area (Å²) in [5, 5.41) is 0. The van der Waals surface area contributed by atoms with E-state index < -0.39 is 11.7 Å². The molecule has 0 unspecified atom stereocenters. The van der Waals surface area contributed by atoms with Crippen molar-refractivity contribution in [2.75, 3.05) is 18.5 Å². The number of rotatable bonds is 8. The highest BCUT2D eigenvalue weighted by molar-refractivity contribution is 6.07. The van der Waals surface area contributed by atoms with Crippen LogP contribution < -0.4 is 4.90 Å². The number of aryl methyl sites for hydroxylation is 1. The van der Waals surface area contributed by atoms with Gasteiger partial charge in [-0.05, 0) is 60.4 Å². The number of nitrogens with zero attached hydrogens (tertiary/aromatic N) is 2. The number of likely N-dealkylation sites (N-methyl/N-ethyl adjacent to an activating group) is 1. The van der Waals surface area contributed by atoms with Crippen LogP contribution in [0.3, 0.4) is 0 Å². The predicted molar refractivity (Wildman–Crippen MR) is 131 cm³/mol. The van der Waals surface area contributed by atoms with Crippen molar-refractivity contribution in [1.82, 2.24) is 4.90 Å². The molecule has 0 aromatic heterocycles. The Bertz CT molecular complexity index is 1160. The molecule has 0 saturated carbocycles. The first kappa shape index (κ1) is 26.0. The minimum absolute atomic E-state index is 0.0113. The number of benzene rings is 3. The zero-order valence-electron chi connectivity index (χ0n) is 20.1. The molecule has 0 aliphatic heterocycles. The van der Waals surface area contributed by atoms with Crippen molar-refractivity contribution in [1.29, 1.82) is 0 Å². The monoisotopic (exact) mass is 482 g/mol. The molecule has 0 atom stereocenters. The Morgan fingerprint density at radius 3 is 2.03 bits per heavy atom. The molecule has 3 rings (SSSR count). The SMILES string of the molecule is CCCN(C)C(=O)Cc1ccc(N(Cc2ccc(C(F)(F)F)cc2)C(=O)c2ccccc2C)cc1. The first-order valence-corrected chi connectivity index (χ1v) is 11.5. The Balaban J connectivity index is 1.89. The lowest BCUT2D eigenvalue weighted by Crippen LogP contribution is -2.31. The molecule has 0 saturated heterocycles. The van der Waals surface area contributed by atoms with Gasteiger partial charge in [0.15, 0.2) is 0 Å². The van der Waals surface area contributed by atoms with E-state index in [0.29, 0.717) is 23.4 Å². The molecule has 3 aromatic carbocycles. The van der Waals surface area contributed by atoms with Gasteiger partial charge < -0.3 is 9.80 Å². The summed E-state index contributed by atoms with van der Waals surface area (Å²) in [5.74, 6) is -0.244. The second-order valence-electron chi connectivity index (χ2n) is 8.56. The highest BCUT2D eigenvalue weighted by Crippen LogP contribution is 2.30. The van der Waals surface area contributed by atoms with E-state index in [1.165, 1.54) is 12.1 Å². The van der Waals surface area contributed by atoms with Crippen molar-refractivity contribution >= 4 is 17.5 Å². The van der Waals surface area contributed by atoms with Gasteiger partial charge in [-0.15, -0.1) is 0 Å². The Morgan fingerprint density at radius 1 is 0.857 bits per heavy atom. The summed E-state index contributed by atoms with van der Waals surface area (Å²) in [5.41, 5.74) is 2.56. The van der Waals surface area contributed by atoms with Gasteiger partial charge in [-0.3, -0.25) is 9.59 Å². The van der Waals surface area contributed by atoms with Crippen molar-refractivity contribution in [3.8, 4) is 0 Å². The molecule has 2 amide bonds. The van der Waals surface area contributed by atoms with Gasteiger partial charge in [0.25, 0.3) is 5.91 Å². The zero-order valence-corrected chi connectivity index (χ0v) is 20.1. The van der Waals surface area contributed by atoms with Crippen molar-refractivity contribution in [3.05, 3.63) is 101 Å². The summed E-state index contributed by atoms with van der Waals surface area (Å²) in [6, 6.07) is 19.1. The summed E-state index contributed by atoms with van der Waals surface area (Å²) in [7, 11) is 1.77. The first-order valence-electron chi connectivity index (χ1n) is 11.5. The lowest BCUT2D eigenvalue weighted by molar-refractivity contribution is -0.137. The summed E-state index contributed by atoms with van der Waals surface area (Å²) in [4.78, 5) is 29.1. The van der Waals surface area contributed by atoms with E-state index >= 15 is 0 Å². The second-order valence-corrected chi connectivity index (χ2v) is 8.56. The average molecular weight is 483 g/mol. The fourth-order valence-corrected chi connectivity index (χ4v) is 3.78. The third-order valence-corrected chi connectivity index (χ3v) is 5.83. The molecule has 0 bridgehead atoms. The van der Waals surface area contributed by atoms with Crippen LogP contribution in [0.25, 0.3) is 0 Å². The molecule has 3 aromatic rings. The minimum atomic E-state index is -4.42. The Labute approximate surface area is 204 Å². The van der Waals surface area contributed by atoms with E-state index in [2.05, 4.69) is 0 Å². The van der Waals surface area contributed by atoms with Gasteiger partial charge in [0, 0.05) is 24.8 Å². The van der Waals surface area contributed by atoms with Gasteiger partial charge in [-0.2, -0.15) is 13.2 Å². The maximum absolute atomic E-state index is 13.5. The number of halogens is 3. The van der Waals surface area contributed by atoms with Gasteiger partial charge in [0.2, 0.25) is 5.91 Å². The van der Waals surface area contributed by atoms with E-state index in [4.69, 9.17) is 0 Å². The molecular formula is C28H29F3N2O2. The van der Waals surface area contributed by atoms with Crippen molar-refractivity contribution in [2.24, 2.45) is 0 Å². The third kappa shape index (κ3) is 6.72. The van der Waals surface area contributed by atoms with Crippen LogP contribution in [0.1, 0.15) is 46.0 Å². The van der Waals surface area contributed by atoms with Gasteiger partial charge in [-0.25, -0.2) is 0 Å². The quantitative estimate of drug-likeness (QED) is 0.380. The zero-order chi connectivity index (χ0) is 25.6. The molecule has 0 spiro atoms. The van der Waals surface area contributed by atoms with Gasteiger partial charge in [0.1, 0.15) is 0 Å². The molecule has 184 valence electrons. The third-order valence-electron chi connectivity index (χ3n) is 5.83. The van der Waals surface area contributed by atoms with Crippen molar-refractivity contribution in [2.45, 2.75) is 39.4 Å². The molecule has 0 fully saturated rings. The number of hydrogen-bond acceptors (Lipinski definition) is 2. The second kappa shape index (κ2) is 11.2. The van der Waals surface area contributed by atoms with E-state index in [1.807, 2.05) is 26.0 Å². The Morgan fingerprint density at radius 2 is 1.46 bits per heavy atom. The van der Waals surface area contributed by atoms with E-state index in [-0.39, 0.29) is 24.8 Å². The lowest BCUT2D eigenvalue weighted by atomic mass is 10.0. The fourth-order valence-electron chi connectivity index (χ4n) is 3.78. The average Bonchev–Trinajstić information content (AvgIpc) is 2.83. The molecule has 0 aliphatic carbocycles. The van der Waals surface area contributed by atoms with Crippen LogP contribution in [0.5, 0.6) is 0 Å². The lowest BCUT2D eigenvalue weighted by Gasteiger charge is -2.24. The van der Waals surface area contributed by atoms with Crippen LogP contribution in [-0.4, -0.2) is 30.3 Å².